The van der Waals surface area contributed by atoms with Crippen LogP contribution in [0.1, 0.15) is 32.1 Å². The Morgan fingerprint density at radius 2 is 1.78 bits per heavy atom. The molecule has 0 amide bonds. The maximum atomic E-state index is 2.63. The molecule has 0 aromatic carbocycles. The van der Waals surface area contributed by atoms with Gasteiger partial charge < -0.3 is 0 Å². The molecule has 0 N–H and O–H groups in total. The van der Waals surface area contributed by atoms with Crippen molar-refractivity contribution in [2.24, 2.45) is 11.8 Å². The molecule has 0 heterocycles. The molecule has 0 saturated heterocycles. The highest BCUT2D eigenvalue weighted by Gasteiger charge is 2.37. The minimum absolute atomic E-state index is 1.05. The number of hydrogen-bond donors (Lipinski definition) is 0. The standard InChI is InChI=1S/C8H13I/c9-8-5-4-7(8)6-2-1-3-6/h6-8H,1-5H2. The van der Waals surface area contributed by atoms with E-state index in [1.165, 1.54) is 19.3 Å². The molecule has 52 valence electrons. The molecular weight excluding hydrogens is 223 g/mol. The van der Waals surface area contributed by atoms with Crippen LogP contribution in [0.15, 0.2) is 0 Å². The Bertz CT molecular complexity index is 107. The van der Waals surface area contributed by atoms with Crippen molar-refractivity contribution in [1.82, 2.24) is 0 Å². The molecule has 2 aliphatic rings. The van der Waals surface area contributed by atoms with Gasteiger partial charge in [-0.3, -0.25) is 0 Å². The highest BCUT2D eigenvalue weighted by Crippen LogP contribution is 2.47. The van der Waals surface area contributed by atoms with Crippen LogP contribution in [0.2, 0.25) is 0 Å². The molecule has 2 aliphatic carbocycles. The summed E-state index contributed by atoms with van der Waals surface area (Å²) in [6.07, 6.45) is 7.65. The van der Waals surface area contributed by atoms with Gasteiger partial charge in [-0.15, -0.1) is 0 Å². The van der Waals surface area contributed by atoms with E-state index in [1.807, 2.05) is 0 Å². The van der Waals surface area contributed by atoms with Crippen LogP contribution in [0.3, 0.4) is 0 Å². The van der Waals surface area contributed by atoms with Gasteiger partial charge in [-0.1, -0.05) is 41.9 Å². The van der Waals surface area contributed by atoms with Crippen molar-refractivity contribution in [1.29, 1.82) is 0 Å². The van der Waals surface area contributed by atoms with Gasteiger partial charge in [-0.25, -0.2) is 0 Å². The first-order valence-electron chi connectivity index (χ1n) is 4.02. The Morgan fingerprint density at radius 1 is 1.00 bits per heavy atom. The van der Waals surface area contributed by atoms with Gasteiger partial charge in [-0.05, 0) is 24.7 Å². The van der Waals surface area contributed by atoms with E-state index in [0.717, 1.165) is 15.8 Å². The molecule has 0 aromatic heterocycles. The maximum Gasteiger partial charge on any atom is 0.0141 e. The summed E-state index contributed by atoms with van der Waals surface area (Å²) in [6.45, 7) is 0. The Hall–Kier alpha value is 0.730. The van der Waals surface area contributed by atoms with Gasteiger partial charge in [0.2, 0.25) is 0 Å². The second kappa shape index (κ2) is 2.40. The lowest BCUT2D eigenvalue weighted by Gasteiger charge is -2.43. The fourth-order valence-electron chi connectivity index (χ4n) is 1.88. The zero-order valence-corrected chi connectivity index (χ0v) is 7.80. The predicted octanol–water partition coefficient (Wildman–Crippen LogP) is 3.00. The lowest BCUT2D eigenvalue weighted by atomic mass is 9.67. The molecule has 0 radical (unpaired) electrons. The summed E-state index contributed by atoms with van der Waals surface area (Å²) in [4.78, 5) is 0. The highest BCUT2D eigenvalue weighted by atomic mass is 127. The molecule has 2 atom stereocenters. The Labute approximate surface area is 70.5 Å². The van der Waals surface area contributed by atoms with Crippen molar-refractivity contribution in [3.8, 4) is 0 Å². The molecule has 2 unspecified atom stereocenters. The summed E-state index contributed by atoms with van der Waals surface area (Å²) in [5.74, 6) is 2.29. The van der Waals surface area contributed by atoms with Gasteiger partial charge in [0.15, 0.2) is 0 Å². The van der Waals surface area contributed by atoms with Crippen LogP contribution >= 0.6 is 22.6 Å². The zero-order chi connectivity index (χ0) is 6.27. The molecule has 1 heteroatoms. The van der Waals surface area contributed by atoms with Crippen LogP contribution in [0.4, 0.5) is 0 Å². The average Bonchev–Trinajstić information content (AvgIpc) is 1.74. The first-order chi connectivity index (χ1) is 4.38. The minimum Gasteiger partial charge on any atom is -0.0823 e. The Kier molecular flexibility index (Phi) is 1.72. The van der Waals surface area contributed by atoms with Crippen molar-refractivity contribution in [2.45, 2.75) is 36.0 Å². The van der Waals surface area contributed by atoms with E-state index in [0.29, 0.717) is 0 Å². The summed E-state index contributed by atoms with van der Waals surface area (Å²) in [7, 11) is 0. The first-order valence-corrected chi connectivity index (χ1v) is 5.26. The number of hydrogen-bond acceptors (Lipinski definition) is 0. The van der Waals surface area contributed by atoms with Crippen LogP contribution in [-0.4, -0.2) is 3.92 Å². The fraction of sp³-hybridized carbons (Fsp3) is 1.00. The van der Waals surface area contributed by atoms with Crippen molar-refractivity contribution < 1.29 is 0 Å². The quantitative estimate of drug-likeness (QED) is 0.485. The normalized spacial score (nSPS) is 43.7. The van der Waals surface area contributed by atoms with Crippen molar-refractivity contribution in [2.75, 3.05) is 0 Å². The van der Waals surface area contributed by atoms with Gasteiger partial charge in [0.1, 0.15) is 0 Å². The fourth-order valence-corrected chi connectivity index (χ4v) is 3.19. The predicted molar refractivity (Wildman–Crippen MR) is 47.9 cm³/mol. The summed E-state index contributed by atoms with van der Waals surface area (Å²) < 4.78 is 1.05. The van der Waals surface area contributed by atoms with Crippen LogP contribution in [0.5, 0.6) is 0 Å². The smallest absolute Gasteiger partial charge is 0.0141 e. The van der Waals surface area contributed by atoms with Crippen LogP contribution in [0, 0.1) is 11.8 Å². The minimum atomic E-state index is 1.05. The van der Waals surface area contributed by atoms with Gasteiger partial charge in [-0.2, -0.15) is 0 Å². The molecule has 0 nitrogen and oxygen atoms in total. The zero-order valence-electron chi connectivity index (χ0n) is 5.65. The highest BCUT2D eigenvalue weighted by molar-refractivity contribution is 14.1. The number of alkyl halides is 1. The van der Waals surface area contributed by atoms with E-state index in [1.54, 1.807) is 12.8 Å². The van der Waals surface area contributed by atoms with Crippen LogP contribution < -0.4 is 0 Å². The van der Waals surface area contributed by atoms with E-state index in [9.17, 15) is 0 Å². The van der Waals surface area contributed by atoms with E-state index in [2.05, 4.69) is 22.6 Å². The Morgan fingerprint density at radius 3 is 1.89 bits per heavy atom. The third-order valence-corrected chi connectivity index (χ3v) is 4.54. The molecule has 2 fully saturated rings. The third kappa shape index (κ3) is 1.02. The van der Waals surface area contributed by atoms with Gasteiger partial charge in [0.05, 0.1) is 0 Å². The van der Waals surface area contributed by atoms with Crippen molar-refractivity contribution in [3.63, 3.8) is 0 Å². The van der Waals surface area contributed by atoms with Gasteiger partial charge in [0.25, 0.3) is 0 Å². The second-order valence-electron chi connectivity index (χ2n) is 3.45. The van der Waals surface area contributed by atoms with Gasteiger partial charge in [0, 0.05) is 3.92 Å². The van der Waals surface area contributed by atoms with Gasteiger partial charge >= 0.3 is 0 Å². The summed E-state index contributed by atoms with van der Waals surface area (Å²) in [5.41, 5.74) is 0. The molecule has 9 heavy (non-hydrogen) atoms. The molecule has 2 rings (SSSR count). The topological polar surface area (TPSA) is 0 Å². The second-order valence-corrected chi connectivity index (χ2v) is 5.05. The van der Waals surface area contributed by atoms with Crippen molar-refractivity contribution in [3.05, 3.63) is 0 Å². The number of rotatable bonds is 1. The average molecular weight is 236 g/mol. The first kappa shape index (κ1) is 6.44. The molecule has 0 spiro atoms. The monoisotopic (exact) mass is 236 g/mol. The summed E-state index contributed by atoms with van der Waals surface area (Å²) >= 11 is 2.63. The van der Waals surface area contributed by atoms with E-state index in [4.69, 9.17) is 0 Å². The lowest BCUT2D eigenvalue weighted by Crippen LogP contribution is -2.36. The van der Waals surface area contributed by atoms with Crippen molar-refractivity contribution >= 4 is 22.6 Å². The largest absolute Gasteiger partial charge is 0.0823 e. The van der Waals surface area contributed by atoms with E-state index < -0.39 is 0 Å². The van der Waals surface area contributed by atoms with E-state index in [-0.39, 0.29) is 0 Å². The molecule has 0 aromatic rings. The van der Waals surface area contributed by atoms with Crippen LogP contribution in [0.25, 0.3) is 0 Å². The maximum absolute atomic E-state index is 2.63. The third-order valence-electron chi connectivity index (χ3n) is 3.00. The molecular formula is C8H13I. The molecule has 2 saturated carbocycles. The lowest BCUT2D eigenvalue weighted by molar-refractivity contribution is 0.144. The van der Waals surface area contributed by atoms with E-state index >= 15 is 0 Å². The van der Waals surface area contributed by atoms with Crippen LogP contribution in [-0.2, 0) is 0 Å². The number of halogens is 1. The summed E-state index contributed by atoms with van der Waals surface area (Å²) in [6, 6.07) is 0. The SMILES string of the molecule is IC1CCC1C1CCC1. The molecule has 0 aliphatic heterocycles. The summed E-state index contributed by atoms with van der Waals surface area (Å²) in [5, 5.41) is 0. The Balaban J connectivity index is 1.83. The molecule has 0 bridgehead atoms.